The first-order chi connectivity index (χ1) is 11.4. The second-order valence-corrected chi connectivity index (χ2v) is 12.8. The van der Waals surface area contributed by atoms with Gasteiger partial charge < -0.3 is 9.16 Å². The number of hydrogen-bond acceptors (Lipinski definition) is 2. The van der Waals surface area contributed by atoms with Crippen LogP contribution in [0.25, 0.3) is 5.76 Å². The van der Waals surface area contributed by atoms with Gasteiger partial charge in [0.2, 0.25) is 0 Å². The molecule has 0 aliphatic carbocycles. The minimum Gasteiger partial charge on any atom is -0.540 e. The van der Waals surface area contributed by atoms with Crippen molar-refractivity contribution in [1.29, 1.82) is 0 Å². The van der Waals surface area contributed by atoms with E-state index in [9.17, 15) is 13.2 Å². The highest BCUT2D eigenvalue weighted by Crippen LogP contribution is 2.45. The molecule has 0 saturated carbocycles. The topological polar surface area (TPSA) is 18.5 Å². The van der Waals surface area contributed by atoms with E-state index in [4.69, 9.17) is 16.0 Å². The fourth-order valence-electron chi connectivity index (χ4n) is 3.43. The summed E-state index contributed by atoms with van der Waals surface area (Å²) in [6.45, 7) is 12.4. The molecule has 0 N–H and O–H groups in total. The molecule has 7 heteroatoms. The molecule has 0 radical (unpaired) electrons. The second-order valence-electron chi connectivity index (χ2n) is 6.97. The van der Waals surface area contributed by atoms with Crippen LogP contribution in [0.4, 0.5) is 13.2 Å². The molecular weight excluding hydrogens is 369 g/mol. The van der Waals surface area contributed by atoms with E-state index >= 15 is 0 Å². The van der Waals surface area contributed by atoms with Crippen molar-refractivity contribution >= 4 is 25.7 Å². The Morgan fingerprint density at radius 1 is 0.960 bits per heavy atom. The molecule has 0 saturated heterocycles. The quantitative estimate of drug-likeness (QED) is 0.355. The first kappa shape index (κ1) is 21.9. The third kappa shape index (κ3) is 5.68. The summed E-state index contributed by atoms with van der Waals surface area (Å²) in [6.07, 6.45) is -4.10. The van der Waals surface area contributed by atoms with Gasteiger partial charge in [-0.15, -0.1) is 13.2 Å². The number of alkyl halides is 3. The lowest BCUT2D eigenvalue weighted by atomic mass is 10.2. The molecule has 0 aliphatic heterocycles. The van der Waals surface area contributed by atoms with Crippen molar-refractivity contribution in [2.45, 2.75) is 64.5 Å². The van der Waals surface area contributed by atoms with Gasteiger partial charge in [-0.1, -0.05) is 53.1 Å². The van der Waals surface area contributed by atoms with Crippen LogP contribution in [0.1, 0.15) is 47.1 Å². The normalized spacial score (nSPS) is 13.7. The van der Waals surface area contributed by atoms with Crippen LogP contribution in [-0.4, -0.2) is 14.7 Å². The van der Waals surface area contributed by atoms with Crippen LogP contribution in [0.15, 0.2) is 30.5 Å². The molecule has 0 atom stereocenters. The molecule has 1 aromatic rings. The number of hydrogen-bond donors (Lipinski definition) is 0. The monoisotopic (exact) mass is 394 g/mol. The number of benzene rings is 1. The smallest absolute Gasteiger partial charge is 0.540 e. The Morgan fingerprint density at radius 2 is 1.40 bits per heavy atom. The van der Waals surface area contributed by atoms with E-state index in [1.54, 1.807) is 24.3 Å². The van der Waals surface area contributed by atoms with Crippen molar-refractivity contribution in [3.8, 4) is 0 Å². The molecular formula is C18H26ClF3O2Si. The van der Waals surface area contributed by atoms with E-state index < -0.39 is 14.7 Å². The molecule has 0 amide bonds. The highest BCUT2D eigenvalue weighted by molar-refractivity contribution is 6.78. The van der Waals surface area contributed by atoms with Crippen LogP contribution in [0.3, 0.4) is 0 Å². The average Bonchev–Trinajstić information content (AvgIpc) is 2.46. The van der Waals surface area contributed by atoms with Crippen molar-refractivity contribution < 1.29 is 22.3 Å². The molecule has 1 aromatic carbocycles. The molecule has 1 rings (SSSR count). The van der Waals surface area contributed by atoms with Crippen molar-refractivity contribution in [2.24, 2.45) is 0 Å². The van der Waals surface area contributed by atoms with Gasteiger partial charge in [-0.3, -0.25) is 0 Å². The zero-order valence-electron chi connectivity index (χ0n) is 15.4. The second kappa shape index (κ2) is 8.49. The molecule has 0 aliphatic rings. The molecule has 0 spiro atoms. The third-order valence-corrected chi connectivity index (χ3v) is 10.7. The van der Waals surface area contributed by atoms with Crippen molar-refractivity contribution in [2.75, 3.05) is 0 Å². The molecule has 0 aromatic heterocycles. The zero-order valence-corrected chi connectivity index (χ0v) is 17.2. The maximum atomic E-state index is 12.6. The van der Waals surface area contributed by atoms with Crippen LogP contribution >= 0.6 is 11.6 Å². The maximum absolute atomic E-state index is 12.6. The summed E-state index contributed by atoms with van der Waals surface area (Å²) in [5, 5.41) is 0.500. The van der Waals surface area contributed by atoms with Crippen LogP contribution in [0, 0.1) is 0 Å². The maximum Gasteiger partial charge on any atom is 0.572 e. The van der Waals surface area contributed by atoms with E-state index in [1.165, 1.54) is 0 Å². The van der Waals surface area contributed by atoms with Gasteiger partial charge in [0, 0.05) is 10.6 Å². The lowest BCUT2D eigenvalue weighted by molar-refractivity contribution is -0.298. The first-order valence-corrected chi connectivity index (χ1v) is 10.8. The van der Waals surface area contributed by atoms with Gasteiger partial charge in [-0.2, -0.15) is 0 Å². The average molecular weight is 395 g/mol. The van der Waals surface area contributed by atoms with E-state index in [2.05, 4.69) is 46.3 Å². The van der Waals surface area contributed by atoms with Crippen LogP contribution in [0.2, 0.25) is 21.6 Å². The molecule has 0 fully saturated rings. The highest BCUT2D eigenvalue weighted by Gasteiger charge is 2.47. The van der Waals surface area contributed by atoms with Crippen LogP contribution < -0.4 is 0 Å². The van der Waals surface area contributed by atoms with Gasteiger partial charge in [-0.25, -0.2) is 0 Å². The van der Waals surface area contributed by atoms with Gasteiger partial charge >= 0.3 is 6.36 Å². The summed E-state index contributed by atoms with van der Waals surface area (Å²) in [5.41, 5.74) is 1.16. The van der Waals surface area contributed by atoms with Crippen LogP contribution in [0.5, 0.6) is 0 Å². The Bertz CT molecular complexity index is 559. The lowest BCUT2D eigenvalue weighted by Crippen LogP contribution is -2.47. The number of ether oxygens (including phenoxy) is 1. The Morgan fingerprint density at radius 3 is 1.76 bits per heavy atom. The molecule has 2 nitrogen and oxygen atoms in total. The standard InChI is InChI=1S/C18H26ClF3O2Si/c1-12(2)25(13(3)4,14(5)6)24-17(11-23-18(20,21)22)15-7-9-16(19)10-8-15/h7-14H,1-6H3. The van der Waals surface area contributed by atoms with Gasteiger partial charge in [0.25, 0.3) is 8.32 Å². The predicted molar refractivity (Wildman–Crippen MR) is 98.7 cm³/mol. The third-order valence-electron chi connectivity index (χ3n) is 4.42. The minimum absolute atomic E-state index is 0.0942. The summed E-state index contributed by atoms with van der Waals surface area (Å²) in [4.78, 5) is 0. The van der Waals surface area contributed by atoms with Crippen molar-refractivity contribution in [3.05, 3.63) is 41.1 Å². The van der Waals surface area contributed by atoms with Gasteiger partial charge in [0.1, 0.15) is 12.0 Å². The van der Waals surface area contributed by atoms with Crippen molar-refractivity contribution in [3.63, 3.8) is 0 Å². The molecule has 0 heterocycles. The first-order valence-electron chi connectivity index (χ1n) is 8.29. The molecule has 0 bridgehead atoms. The number of rotatable bonds is 7. The van der Waals surface area contributed by atoms with E-state index in [0.717, 1.165) is 0 Å². The Kier molecular flexibility index (Phi) is 7.44. The molecule has 25 heavy (non-hydrogen) atoms. The minimum atomic E-state index is -4.77. The fraction of sp³-hybridized carbons (Fsp3) is 0.556. The summed E-state index contributed by atoms with van der Waals surface area (Å²) in [6, 6.07) is 6.50. The largest absolute Gasteiger partial charge is 0.572 e. The Balaban J connectivity index is 3.37. The molecule has 0 unspecified atom stereocenters. The summed E-state index contributed by atoms with van der Waals surface area (Å²) in [7, 11) is -2.43. The summed E-state index contributed by atoms with van der Waals surface area (Å²) < 4.78 is 48.1. The number of halogens is 4. The summed E-state index contributed by atoms with van der Waals surface area (Å²) >= 11 is 5.89. The van der Waals surface area contributed by atoms with Gasteiger partial charge in [0.05, 0.1) is 0 Å². The highest BCUT2D eigenvalue weighted by atomic mass is 35.5. The molecule has 142 valence electrons. The predicted octanol–water partition coefficient (Wildman–Crippen LogP) is 7.37. The Hall–Kier alpha value is -1.14. The van der Waals surface area contributed by atoms with E-state index in [1.807, 2.05) is 0 Å². The summed E-state index contributed by atoms with van der Waals surface area (Å²) in [5.74, 6) is 0.0942. The SMILES string of the molecule is CC(C)[Si](OC(=COC(F)(F)F)c1ccc(Cl)cc1)(C(C)C)C(C)C. The van der Waals surface area contributed by atoms with Gasteiger partial charge in [-0.05, 0) is 40.9 Å². The Labute approximate surface area is 154 Å². The van der Waals surface area contributed by atoms with E-state index in [0.29, 0.717) is 16.8 Å². The fourth-order valence-corrected chi connectivity index (χ4v) is 8.81. The van der Waals surface area contributed by atoms with E-state index in [-0.39, 0.29) is 22.4 Å². The lowest BCUT2D eigenvalue weighted by Gasteiger charge is -2.42. The van der Waals surface area contributed by atoms with Crippen molar-refractivity contribution in [1.82, 2.24) is 0 Å². The zero-order chi connectivity index (χ0) is 19.4. The van der Waals surface area contributed by atoms with Gasteiger partial charge in [0.15, 0.2) is 0 Å². The van der Waals surface area contributed by atoms with Crippen LogP contribution in [-0.2, 0) is 9.16 Å².